The molecule has 3 aliphatic heterocycles. The molecule has 0 spiro atoms. The van der Waals surface area contributed by atoms with E-state index in [1.54, 1.807) is 0 Å². The Hall–Kier alpha value is -0.200. The van der Waals surface area contributed by atoms with Gasteiger partial charge in [0.05, 0.1) is 6.61 Å². The Morgan fingerprint density at radius 2 is 1.93 bits per heavy atom. The molecule has 0 aromatic carbocycles. The molecule has 3 saturated heterocycles. The van der Waals surface area contributed by atoms with Gasteiger partial charge in [-0.1, -0.05) is 0 Å². The molecule has 2 bridgehead atoms. The minimum atomic E-state index is -0.659. The monoisotopic (exact) mass is 202 g/mol. The van der Waals surface area contributed by atoms with Crippen LogP contribution in [-0.2, 0) is 18.9 Å². The van der Waals surface area contributed by atoms with Crippen molar-refractivity contribution >= 4 is 0 Å². The van der Waals surface area contributed by atoms with Crippen LogP contribution in [0.2, 0.25) is 0 Å². The van der Waals surface area contributed by atoms with Crippen molar-refractivity contribution < 1.29 is 24.1 Å². The van der Waals surface area contributed by atoms with E-state index in [1.807, 2.05) is 13.8 Å². The maximum atomic E-state index is 9.89. The zero-order chi connectivity index (χ0) is 9.92. The van der Waals surface area contributed by atoms with Gasteiger partial charge < -0.3 is 24.1 Å². The summed E-state index contributed by atoms with van der Waals surface area (Å²) in [6, 6.07) is 0. The lowest BCUT2D eigenvalue weighted by molar-refractivity contribution is -0.198. The van der Waals surface area contributed by atoms with Gasteiger partial charge in [0.2, 0.25) is 0 Å². The molecule has 0 saturated carbocycles. The first-order valence-corrected chi connectivity index (χ1v) is 4.88. The van der Waals surface area contributed by atoms with Crippen LogP contribution in [0.5, 0.6) is 0 Å². The molecule has 3 rings (SSSR count). The van der Waals surface area contributed by atoms with Crippen molar-refractivity contribution in [2.75, 3.05) is 6.61 Å². The Morgan fingerprint density at radius 3 is 2.71 bits per heavy atom. The number of ether oxygens (including phenoxy) is 4. The molecule has 0 aliphatic carbocycles. The third kappa shape index (κ3) is 1.14. The Morgan fingerprint density at radius 1 is 1.21 bits per heavy atom. The van der Waals surface area contributed by atoms with Crippen LogP contribution in [0.1, 0.15) is 13.8 Å². The summed E-state index contributed by atoms with van der Waals surface area (Å²) in [6.45, 7) is 4.07. The topological polar surface area (TPSA) is 57.2 Å². The fourth-order valence-corrected chi connectivity index (χ4v) is 2.30. The van der Waals surface area contributed by atoms with Crippen molar-refractivity contribution in [3.05, 3.63) is 0 Å². The van der Waals surface area contributed by atoms with Gasteiger partial charge in [-0.05, 0) is 13.8 Å². The first kappa shape index (κ1) is 9.06. The minimum Gasteiger partial charge on any atom is -0.387 e. The maximum Gasteiger partial charge on any atom is 0.187 e. The number of hydrogen-bond donors (Lipinski definition) is 1. The van der Waals surface area contributed by atoms with E-state index in [1.165, 1.54) is 0 Å². The van der Waals surface area contributed by atoms with Crippen molar-refractivity contribution in [2.45, 2.75) is 50.3 Å². The van der Waals surface area contributed by atoms with Crippen molar-refractivity contribution in [2.24, 2.45) is 0 Å². The summed E-state index contributed by atoms with van der Waals surface area (Å²) in [5.41, 5.74) is 0. The minimum absolute atomic E-state index is 0.265. The summed E-state index contributed by atoms with van der Waals surface area (Å²) < 4.78 is 22.0. The molecule has 5 heteroatoms. The number of fused-ring (bicyclic) bond motifs is 4. The Kier molecular flexibility index (Phi) is 1.73. The first-order valence-electron chi connectivity index (χ1n) is 4.88. The molecular formula is C9H14O5. The van der Waals surface area contributed by atoms with Gasteiger partial charge in [0.1, 0.15) is 24.4 Å². The van der Waals surface area contributed by atoms with E-state index in [9.17, 15) is 5.11 Å². The third-order valence-corrected chi connectivity index (χ3v) is 2.88. The van der Waals surface area contributed by atoms with Crippen LogP contribution >= 0.6 is 0 Å². The highest BCUT2D eigenvalue weighted by atomic mass is 16.8. The van der Waals surface area contributed by atoms with E-state index in [-0.39, 0.29) is 24.6 Å². The number of rotatable bonds is 0. The van der Waals surface area contributed by atoms with E-state index >= 15 is 0 Å². The van der Waals surface area contributed by atoms with Crippen molar-refractivity contribution in [3.63, 3.8) is 0 Å². The van der Waals surface area contributed by atoms with Gasteiger partial charge in [-0.2, -0.15) is 0 Å². The summed E-state index contributed by atoms with van der Waals surface area (Å²) in [6.07, 6.45) is -1.93. The third-order valence-electron chi connectivity index (χ3n) is 2.88. The van der Waals surface area contributed by atoms with Gasteiger partial charge >= 0.3 is 0 Å². The number of aliphatic hydroxyl groups is 1. The SMILES string of the molecule is CC1(C)OC2[C@H](O)C3CO[C@H](O3)[C@@H]2O1. The molecule has 3 fully saturated rings. The van der Waals surface area contributed by atoms with Crippen LogP contribution < -0.4 is 0 Å². The molecule has 1 N–H and O–H groups in total. The highest BCUT2D eigenvalue weighted by Crippen LogP contribution is 2.40. The lowest BCUT2D eigenvalue weighted by Crippen LogP contribution is -2.52. The van der Waals surface area contributed by atoms with Crippen LogP contribution in [0.4, 0.5) is 0 Å². The predicted octanol–water partition coefficient (Wildman–Crippen LogP) is -0.378. The van der Waals surface area contributed by atoms with E-state index in [0.29, 0.717) is 6.61 Å². The van der Waals surface area contributed by atoms with Gasteiger partial charge in [-0.3, -0.25) is 0 Å². The van der Waals surface area contributed by atoms with E-state index in [4.69, 9.17) is 18.9 Å². The van der Waals surface area contributed by atoms with E-state index < -0.39 is 11.9 Å². The van der Waals surface area contributed by atoms with Gasteiger partial charge in [0.15, 0.2) is 12.1 Å². The molecule has 0 amide bonds. The molecule has 0 aromatic rings. The summed E-state index contributed by atoms with van der Waals surface area (Å²) in [7, 11) is 0. The Bertz CT molecular complexity index is 246. The molecule has 0 radical (unpaired) electrons. The molecule has 5 nitrogen and oxygen atoms in total. The van der Waals surface area contributed by atoms with Crippen LogP contribution in [0.15, 0.2) is 0 Å². The fourth-order valence-electron chi connectivity index (χ4n) is 2.30. The van der Waals surface area contributed by atoms with Crippen molar-refractivity contribution in [1.29, 1.82) is 0 Å². The van der Waals surface area contributed by atoms with Gasteiger partial charge in [0, 0.05) is 0 Å². The number of aliphatic hydroxyl groups excluding tert-OH is 1. The molecule has 0 aromatic heterocycles. The molecular weight excluding hydrogens is 188 g/mol. The maximum absolute atomic E-state index is 9.89. The molecule has 3 aliphatic rings. The van der Waals surface area contributed by atoms with Crippen molar-refractivity contribution in [3.8, 4) is 0 Å². The van der Waals surface area contributed by atoms with Crippen LogP contribution in [0, 0.1) is 0 Å². The largest absolute Gasteiger partial charge is 0.387 e. The smallest absolute Gasteiger partial charge is 0.187 e. The molecule has 14 heavy (non-hydrogen) atoms. The lowest BCUT2D eigenvalue weighted by atomic mass is 10.0. The highest BCUT2D eigenvalue weighted by Gasteiger charge is 2.58. The fraction of sp³-hybridized carbons (Fsp3) is 1.00. The second-order valence-electron chi connectivity index (χ2n) is 4.43. The Labute approximate surface area is 81.9 Å². The number of hydrogen-bond acceptors (Lipinski definition) is 5. The lowest BCUT2D eigenvalue weighted by Gasteiger charge is -2.31. The second kappa shape index (κ2) is 2.68. The van der Waals surface area contributed by atoms with Crippen LogP contribution in [0.25, 0.3) is 0 Å². The van der Waals surface area contributed by atoms with E-state index in [2.05, 4.69) is 0 Å². The molecule has 5 atom stereocenters. The van der Waals surface area contributed by atoms with Gasteiger partial charge in [-0.25, -0.2) is 0 Å². The quantitative estimate of drug-likeness (QED) is 0.580. The molecule has 2 unspecified atom stereocenters. The van der Waals surface area contributed by atoms with Crippen molar-refractivity contribution in [1.82, 2.24) is 0 Å². The van der Waals surface area contributed by atoms with Crippen LogP contribution in [-0.4, -0.2) is 48.2 Å². The summed E-state index contributed by atoms with van der Waals surface area (Å²) in [5, 5.41) is 9.89. The summed E-state index contributed by atoms with van der Waals surface area (Å²) in [4.78, 5) is 0. The first-order chi connectivity index (χ1) is 6.57. The highest BCUT2D eigenvalue weighted by molar-refractivity contribution is 4.98. The molecule has 3 heterocycles. The zero-order valence-electron chi connectivity index (χ0n) is 8.17. The standard InChI is InChI=1S/C9H14O5/c1-9(2)13-6-5(10)4-3-11-8(12-4)7(6)14-9/h4-8,10H,3H2,1-2H3/t4?,5-,6?,7-,8-/m1/s1. The van der Waals surface area contributed by atoms with Gasteiger partial charge in [-0.15, -0.1) is 0 Å². The zero-order valence-corrected chi connectivity index (χ0v) is 8.17. The normalized spacial score (nSPS) is 54.6. The summed E-state index contributed by atoms with van der Waals surface area (Å²) >= 11 is 0. The average Bonchev–Trinajstić information content (AvgIpc) is 2.64. The predicted molar refractivity (Wildman–Crippen MR) is 44.4 cm³/mol. The molecule has 80 valence electrons. The van der Waals surface area contributed by atoms with Gasteiger partial charge in [0.25, 0.3) is 0 Å². The van der Waals surface area contributed by atoms with Crippen LogP contribution in [0.3, 0.4) is 0 Å². The summed E-state index contributed by atoms with van der Waals surface area (Å²) in [5.74, 6) is -0.659. The average molecular weight is 202 g/mol. The Balaban J connectivity index is 1.88. The van der Waals surface area contributed by atoms with E-state index in [0.717, 1.165) is 0 Å². The second-order valence-corrected chi connectivity index (χ2v) is 4.43.